The van der Waals surface area contributed by atoms with Gasteiger partial charge in [-0.2, -0.15) is 0 Å². The van der Waals surface area contributed by atoms with E-state index in [4.69, 9.17) is 4.74 Å². The number of hydrogen-bond donors (Lipinski definition) is 1. The van der Waals surface area contributed by atoms with E-state index in [1.807, 2.05) is 0 Å². The number of hydrogen-bond acceptors (Lipinski definition) is 3. The highest BCUT2D eigenvalue weighted by Gasteiger charge is 2.40. The summed E-state index contributed by atoms with van der Waals surface area (Å²) in [5.74, 6) is 0. The Morgan fingerprint density at radius 1 is 1.33 bits per heavy atom. The molecule has 1 aliphatic heterocycles. The Balaban J connectivity index is 1.92. The topological polar surface area (TPSA) is 24.5 Å². The van der Waals surface area contributed by atoms with Crippen molar-refractivity contribution in [1.29, 1.82) is 0 Å². The highest BCUT2D eigenvalue weighted by Crippen LogP contribution is 2.34. The van der Waals surface area contributed by atoms with E-state index in [1.54, 1.807) is 0 Å². The van der Waals surface area contributed by atoms with Gasteiger partial charge in [-0.15, -0.1) is 0 Å². The second-order valence-corrected chi connectivity index (χ2v) is 7.20. The van der Waals surface area contributed by atoms with Crippen molar-refractivity contribution in [3.8, 4) is 0 Å². The maximum atomic E-state index is 5.70. The Morgan fingerprint density at radius 3 is 2.50 bits per heavy atom. The smallest absolute Gasteiger partial charge is 0.0547 e. The largest absolute Gasteiger partial charge is 0.381 e. The average molecular weight is 254 g/mol. The number of ether oxygens (including phenoxy) is 1. The molecule has 3 nitrogen and oxygen atoms in total. The molecule has 2 rings (SSSR count). The van der Waals surface area contributed by atoms with Gasteiger partial charge >= 0.3 is 0 Å². The lowest BCUT2D eigenvalue weighted by atomic mass is 9.85. The number of rotatable bonds is 6. The van der Waals surface area contributed by atoms with Crippen LogP contribution in [0.1, 0.15) is 47.0 Å². The maximum Gasteiger partial charge on any atom is 0.0547 e. The third-order valence-corrected chi connectivity index (χ3v) is 4.19. The van der Waals surface area contributed by atoms with Crippen LogP contribution in [0.15, 0.2) is 0 Å². The first-order chi connectivity index (χ1) is 8.44. The van der Waals surface area contributed by atoms with E-state index in [-0.39, 0.29) is 5.54 Å². The van der Waals surface area contributed by atoms with Crippen molar-refractivity contribution in [2.24, 2.45) is 5.41 Å². The van der Waals surface area contributed by atoms with Crippen LogP contribution in [0.4, 0.5) is 0 Å². The van der Waals surface area contributed by atoms with Crippen LogP contribution in [-0.2, 0) is 4.74 Å². The predicted molar refractivity (Wildman–Crippen MR) is 75.9 cm³/mol. The second-order valence-electron chi connectivity index (χ2n) is 7.20. The van der Waals surface area contributed by atoms with Gasteiger partial charge in [0.1, 0.15) is 0 Å². The monoisotopic (exact) mass is 254 g/mol. The fraction of sp³-hybridized carbons (Fsp3) is 1.00. The molecule has 1 saturated heterocycles. The van der Waals surface area contributed by atoms with Gasteiger partial charge in [0.15, 0.2) is 0 Å². The van der Waals surface area contributed by atoms with Crippen LogP contribution in [0.2, 0.25) is 0 Å². The minimum atomic E-state index is 0.201. The van der Waals surface area contributed by atoms with E-state index in [0.29, 0.717) is 5.41 Å². The normalized spacial score (nSPS) is 29.2. The van der Waals surface area contributed by atoms with Crippen LogP contribution >= 0.6 is 0 Å². The van der Waals surface area contributed by atoms with Crippen LogP contribution in [-0.4, -0.2) is 49.3 Å². The molecule has 3 heteroatoms. The van der Waals surface area contributed by atoms with E-state index in [0.717, 1.165) is 25.8 Å². The van der Waals surface area contributed by atoms with Gasteiger partial charge in [0.2, 0.25) is 0 Å². The molecule has 0 aromatic carbocycles. The molecule has 1 heterocycles. The highest BCUT2D eigenvalue weighted by molar-refractivity contribution is 4.94. The molecule has 0 radical (unpaired) electrons. The summed E-state index contributed by atoms with van der Waals surface area (Å²) in [7, 11) is 0. The fourth-order valence-electron chi connectivity index (χ4n) is 2.79. The molecule has 2 fully saturated rings. The lowest BCUT2D eigenvalue weighted by Gasteiger charge is -2.36. The van der Waals surface area contributed by atoms with Gasteiger partial charge in [-0.25, -0.2) is 0 Å². The Morgan fingerprint density at radius 2 is 2.06 bits per heavy atom. The number of nitrogens with one attached hydrogen (secondary N) is 1. The molecule has 18 heavy (non-hydrogen) atoms. The van der Waals surface area contributed by atoms with Gasteiger partial charge in [0, 0.05) is 36.7 Å². The Labute approximate surface area is 112 Å². The molecular formula is C15H30N2O. The highest BCUT2D eigenvalue weighted by atomic mass is 16.5. The average Bonchev–Trinajstić information content (AvgIpc) is 3.04. The van der Waals surface area contributed by atoms with E-state index in [9.17, 15) is 0 Å². The number of nitrogens with zero attached hydrogens (tertiary/aromatic N) is 1. The molecule has 0 spiro atoms. The van der Waals surface area contributed by atoms with E-state index in [2.05, 4.69) is 37.9 Å². The van der Waals surface area contributed by atoms with Crippen molar-refractivity contribution in [3.05, 3.63) is 0 Å². The second kappa shape index (κ2) is 5.48. The molecule has 0 amide bonds. The molecular weight excluding hydrogens is 224 g/mol. The summed E-state index contributed by atoms with van der Waals surface area (Å²) in [6, 6.07) is 0.863. The van der Waals surface area contributed by atoms with Crippen molar-refractivity contribution in [1.82, 2.24) is 10.2 Å². The summed E-state index contributed by atoms with van der Waals surface area (Å²) < 4.78 is 5.70. The van der Waals surface area contributed by atoms with Crippen LogP contribution in [0.25, 0.3) is 0 Å². The van der Waals surface area contributed by atoms with Crippen LogP contribution in [0, 0.1) is 5.41 Å². The minimum absolute atomic E-state index is 0.201. The fourth-order valence-corrected chi connectivity index (χ4v) is 2.79. The van der Waals surface area contributed by atoms with Crippen molar-refractivity contribution in [2.75, 3.05) is 32.8 Å². The first kappa shape index (κ1) is 14.3. The van der Waals surface area contributed by atoms with Gasteiger partial charge in [-0.05, 0) is 46.6 Å². The van der Waals surface area contributed by atoms with E-state index < -0.39 is 0 Å². The summed E-state index contributed by atoms with van der Waals surface area (Å²) >= 11 is 0. The van der Waals surface area contributed by atoms with Gasteiger partial charge in [-0.3, -0.25) is 4.90 Å². The maximum absolute atomic E-state index is 5.70. The summed E-state index contributed by atoms with van der Waals surface area (Å²) in [6.07, 6.45) is 4.01. The molecule has 1 atom stereocenters. The predicted octanol–water partition coefficient (Wildman–Crippen LogP) is 2.27. The van der Waals surface area contributed by atoms with Crippen LogP contribution in [0.3, 0.4) is 0 Å². The van der Waals surface area contributed by atoms with Gasteiger partial charge in [0.05, 0.1) is 6.61 Å². The van der Waals surface area contributed by atoms with Crippen molar-refractivity contribution >= 4 is 0 Å². The first-order valence-corrected chi connectivity index (χ1v) is 7.51. The Bertz CT molecular complexity index is 262. The molecule has 1 aliphatic carbocycles. The lowest BCUT2D eigenvalue weighted by molar-refractivity contribution is 0.101. The third-order valence-electron chi connectivity index (χ3n) is 4.19. The van der Waals surface area contributed by atoms with Crippen LogP contribution < -0.4 is 5.32 Å². The van der Waals surface area contributed by atoms with E-state index in [1.165, 1.54) is 32.4 Å². The quantitative estimate of drug-likeness (QED) is 0.787. The molecule has 1 saturated carbocycles. The zero-order valence-electron chi connectivity index (χ0n) is 12.6. The molecule has 0 bridgehead atoms. The first-order valence-electron chi connectivity index (χ1n) is 7.51. The minimum Gasteiger partial charge on any atom is -0.381 e. The third kappa shape index (κ3) is 3.94. The Hall–Kier alpha value is -0.120. The summed E-state index contributed by atoms with van der Waals surface area (Å²) in [5, 5.41) is 3.69. The van der Waals surface area contributed by atoms with Crippen molar-refractivity contribution in [3.63, 3.8) is 0 Å². The molecule has 0 aromatic heterocycles. The zero-order chi connectivity index (χ0) is 13.2. The van der Waals surface area contributed by atoms with E-state index >= 15 is 0 Å². The Kier molecular flexibility index (Phi) is 4.35. The van der Waals surface area contributed by atoms with Gasteiger partial charge in [-0.1, -0.05) is 6.92 Å². The van der Waals surface area contributed by atoms with Gasteiger partial charge in [0.25, 0.3) is 0 Å². The molecule has 106 valence electrons. The molecule has 0 aromatic rings. The van der Waals surface area contributed by atoms with Crippen molar-refractivity contribution in [2.45, 2.75) is 58.5 Å². The zero-order valence-corrected chi connectivity index (χ0v) is 12.6. The van der Waals surface area contributed by atoms with Crippen molar-refractivity contribution < 1.29 is 4.74 Å². The van der Waals surface area contributed by atoms with Gasteiger partial charge < -0.3 is 10.1 Å². The lowest BCUT2D eigenvalue weighted by Crippen LogP contribution is -2.49. The summed E-state index contributed by atoms with van der Waals surface area (Å²) in [4.78, 5) is 2.67. The van der Waals surface area contributed by atoms with Crippen LogP contribution in [0.5, 0.6) is 0 Å². The molecule has 1 N–H and O–H groups in total. The summed E-state index contributed by atoms with van der Waals surface area (Å²) in [5.41, 5.74) is 0.540. The standard InChI is InChI=1S/C15H30N2O/c1-5-17(13-6-7-13)11-15(8-9-18-12-15)10-16-14(2,3)4/h13,16H,5-12H2,1-4H3. The molecule has 2 aliphatic rings. The molecule has 1 unspecified atom stereocenters. The SMILES string of the molecule is CCN(CC1(CNC(C)(C)C)CCOC1)C1CC1. The summed E-state index contributed by atoms with van der Waals surface area (Å²) in [6.45, 7) is 14.4.